The zero-order valence-corrected chi connectivity index (χ0v) is 47.6. The molecular formula is C46H76BBrCl5F3O9S2. The first kappa shape index (κ1) is 63.8. The molecule has 0 saturated heterocycles. The number of carbonyl (C=O) groups excluding carboxylic acids is 1. The lowest BCUT2D eigenvalue weighted by molar-refractivity contribution is -0.164. The van der Waals surface area contributed by atoms with Gasteiger partial charge in [-0.25, -0.2) is 4.21 Å². The molecule has 12 fully saturated rings. The van der Waals surface area contributed by atoms with Crippen LogP contribution in [0, 0.1) is 61.1 Å². The highest BCUT2D eigenvalue weighted by Gasteiger charge is 2.62. The summed E-state index contributed by atoms with van der Waals surface area (Å²) in [7, 11) is -0.975. The van der Waals surface area contributed by atoms with Crippen molar-refractivity contribution in [2.45, 2.75) is 188 Å². The summed E-state index contributed by atoms with van der Waals surface area (Å²) in [4.78, 5) is 22.4. The van der Waals surface area contributed by atoms with Crippen LogP contribution in [0.3, 0.4) is 0 Å². The molecule has 9 nitrogen and oxygen atoms in total. The summed E-state index contributed by atoms with van der Waals surface area (Å²) in [6, 6.07) is 0. The van der Waals surface area contributed by atoms with Crippen molar-refractivity contribution in [1.82, 2.24) is 0 Å². The Labute approximate surface area is 435 Å². The zero-order valence-electron chi connectivity index (χ0n) is 40.6. The second-order valence-corrected chi connectivity index (χ2v) is 30.8. The number of hydrogen-bond donors (Lipinski definition) is 3. The minimum absolute atomic E-state index is 0.111. The fourth-order valence-electron chi connectivity index (χ4n) is 17.9. The highest BCUT2D eigenvalue weighted by molar-refractivity contribution is 9.10. The van der Waals surface area contributed by atoms with Crippen LogP contribution in [0.15, 0.2) is 11.1 Å². The number of alkyl halides is 1. The van der Waals surface area contributed by atoms with Gasteiger partial charge in [-0.1, -0.05) is 87.3 Å². The van der Waals surface area contributed by atoms with Crippen molar-refractivity contribution in [2.75, 3.05) is 13.2 Å². The van der Waals surface area contributed by atoms with Gasteiger partial charge in [0, 0.05) is 45.3 Å². The number of halogens is 9. The molecule has 0 aromatic carbocycles. The molecule has 0 heterocycles. The molecule has 392 valence electrons. The Bertz CT molecular complexity index is 1650. The van der Waals surface area contributed by atoms with Gasteiger partial charge in [0.25, 0.3) is 0 Å². The van der Waals surface area contributed by atoms with E-state index in [1.54, 1.807) is 0 Å². The van der Waals surface area contributed by atoms with E-state index in [1.807, 2.05) is 13.8 Å². The van der Waals surface area contributed by atoms with Crippen LogP contribution in [0.2, 0.25) is 0 Å². The fraction of sp³-hybridized carbons (Fsp3) is 0.913. The molecule has 12 rings (SSSR count). The first-order valence-corrected chi connectivity index (χ1v) is 29.3. The lowest BCUT2D eigenvalue weighted by atomic mass is 9.40. The van der Waals surface area contributed by atoms with Crippen LogP contribution in [0.25, 0.3) is 0 Å². The molecule has 12 aliphatic rings. The molecule has 12 bridgehead atoms. The van der Waals surface area contributed by atoms with Crippen molar-refractivity contribution in [3.05, 3.63) is 11.1 Å². The van der Waals surface area contributed by atoms with Crippen LogP contribution in [-0.4, -0.2) is 63.1 Å². The van der Waals surface area contributed by atoms with Crippen molar-refractivity contribution in [2.24, 2.45) is 61.1 Å². The van der Waals surface area contributed by atoms with E-state index in [0.717, 1.165) is 31.0 Å². The normalized spacial score (nSPS) is 41.2. The molecule has 12 aliphatic carbocycles. The second kappa shape index (κ2) is 24.8. The van der Waals surface area contributed by atoms with Gasteiger partial charge >= 0.3 is 23.9 Å². The quantitative estimate of drug-likeness (QED) is 0.102. The Morgan fingerprint density at radius 2 is 0.881 bits per heavy atom. The van der Waals surface area contributed by atoms with Gasteiger partial charge in [-0.05, 0) is 202 Å². The predicted octanol–water partition coefficient (Wildman–Crippen LogP) is 16.0. The maximum atomic E-state index is 11.3. The van der Waals surface area contributed by atoms with Crippen LogP contribution in [0.1, 0.15) is 184 Å². The highest BCUT2D eigenvalue weighted by atomic mass is 79.9. The van der Waals surface area contributed by atoms with Gasteiger partial charge in [0.05, 0.1) is 10.9 Å². The van der Waals surface area contributed by atoms with Crippen LogP contribution in [0.5, 0.6) is 0 Å². The van der Waals surface area contributed by atoms with Gasteiger partial charge in [-0.2, -0.15) is 8.42 Å². The molecule has 6 atom stereocenters. The van der Waals surface area contributed by atoms with Crippen molar-refractivity contribution >= 4 is 110 Å². The fourth-order valence-corrected chi connectivity index (χ4v) is 20.0. The van der Waals surface area contributed by atoms with Crippen LogP contribution in [-0.2, 0) is 34.0 Å². The van der Waals surface area contributed by atoms with Crippen LogP contribution >= 0.6 is 72.1 Å². The topological polar surface area (TPSA) is 155 Å². The van der Waals surface area contributed by atoms with E-state index in [9.17, 15) is 22.5 Å². The second-order valence-electron chi connectivity index (χ2n) is 24.1. The van der Waals surface area contributed by atoms with E-state index in [0.29, 0.717) is 49.7 Å². The third-order valence-electron chi connectivity index (χ3n) is 15.5. The van der Waals surface area contributed by atoms with Crippen LogP contribution < -0.4 is 0 Å². The molecule has 3 N–H and O–H groups in total. The smallest absolute Gasteiger partial charge is 0.481 e. The number of carboxylic acid groups (broad SMARTS) is 1. The monoisotopic (exact) mass is 1160 g/mol. The number of aliphatic carboxylic acids is 1. The summed E-state index contributed by atoms with van der Waals surface area (Å²) in [5.74, 6) is 2.12. The minimum Gasteiger partial charge on any atom is -0.481 e. The molecule has 6 unspecified atom stereocenters. The van der Waals surface area contributed by atoms with Gasteiger partial charge in [0.15, 0.2) is 0 Å². The van der Waals surface area contributed by atoms with E-state index in [-0.39, 0.29) is 20.6 Å². The number of rotatable bonds is 6. The highest BCUT2D eigenvalue weighted by Crippen LogP contribution is 2.72. The molecule has 0 aromatic rings. The molecule has 67 heavy (non-hydrogen) atoms. The minimum atomic E-state index is -4.67. The molecule has 0 spiro atoms. The summed E-state index contributed by atoms with van der Waals surface area (Å²) >= 11 is 19.4. The molecule has 0 aromatic heterocycles. The summed E-state index contributed by atoms with van der Waals surface area (Å²) in [5, 5.41) is 9.02. The van der Waals surface area contributed by atoms with E-state index in [4.69, 9.17) is 66.4 Å². The predicted molar refractivity (Wildman–Crippen MR) is 273 cm³/mol. The summed E-state index contributed by atoms with van der Waals surface area (Å²) in [6.45, 7) is 23.5. The third-order valence-corrected chi connectivity index (χ3v) is 16.5. The molecular weight excluding hydrogens is 1090 g/mol. The SMILES string of the molecule is C=C(Cl)Cl.CC12CC3CC(C)(C1)CC(Br)(C3)C2.CC12CC3CC(C)(C1)CC(CC(=O)Cl)(C3)C2.CC12CC3CC(C)(C1)CC(CC(=O)O)(C3)C2.CCOCC.FB(F)F.O=S(=O)(O)O.O=S(Cl)Cl. The van der Waals surface area contributed by atoms with E-state index >= 15 is 0 Å². The molecule has 0 aliphatic heterocycles. The first-order valence-electron chi connectivity index (χ1n) is 23.2. The zero-order chi connectivity index (χ0) is 51.9. The number of carbonyl (C=O) groups is 2. The average molecular weight is 1160 g/mol. The Morgan fingerprint density at radius 1 is 0.642 bits per heavy atom. The molecule has 0 radical (unpaired) electrons. The van der Waals surface area contributed by atoms with E-state index in [2.05, 4.69) is 85.4 Å². The van der Waals surface area contributed by atoms with Crippen LogP contribution in [0.4, 0.5) is 12.9 Å². The van der Waals surface area contributed by atoms with Gasteiger partial charge in [0.1, 0.15) is 0 Å². The summed E-state index contributed by atoms with van der Waals surface area (Å²) in [6.07, 6.45) is 25.3. The Morgan fingerprint density at radius 3 is 1.06 bits per heavy atom. The number of ether oxygens (including phenoxy) is 1. The summed E-state index contributed by atoms with van der Waals surface area (Å²) < 4.78 is 75.2. The molecule has 0 amide bonds. The van der Waals surface area contributed by atoms with Crippen molar-refractivity contribution in [3.63, 3.8) is 0 Å². The Kier molecular flexibility index (Phi) is 23.6. The van der Waals surface area contributed by atoms with Gasteiger partial charge in [-0.3, -0.25) is 31.6 Å². The largest absolute Gasteiger partial charge is 0.762 e. The molecule has 21 heteroatoms. The lowest BCUT2D eigenvalue weighted by Gasteiger charge is -2.65. The molecule has 12 saturated carbocycles. The number of carboxylic acids is 1. The third kappa shape index (κ3) is 22.3. The average Bonchev–Trinajstić information content (AvgIpc) is 2.97. The van der Waals surface area contributed by atoms with Gasteiger partial charge in [0.2, 0.25) is 14.5 Å². The van der Waals surface area contributed by atoms with Crippen molar-refractivity contribution in [3.8, 4) is 0 Å². The maximum absolute atomic E-state index is 11.3. The number of hydrogen-bond acceptors (Lipinski definition) is 6. The van der Waals surface area contributed by atoms with E-state index < -0.39 is 33.1 Å². The van der Waals surface area contributed by atoms with Gasteiger partial charge < -0.3 is 9.84 Å². The standard InChI is InChI=1S/C14H21ClO.C14H22O2.C12H19Br.C4H10O.C2H2Cl2.BF3.Cl2OS.H2O4S/c2*1-12-3-10-4-13(2,7-12)9-14(5-10,8-12)6-11(15)16;1-10-3-9-4-11(2,6-10)8-12(13,5-9)7-10;1-3-5-4-2;1-2(3)4;2-1(3)4;1-4(2)3;1-5(2,3)4/h10H,3-9H2,1-2H3;10H,3-9H2,1-2H3,(H,15,16);9H,3-8H2,1-2H3;3-4H2,1-2H3;1H2;;;(H2,1,2,3,4). The first-order chi connectivity index (χ1) is 30.2. The van der Waals surface area contributed by atoms with E-state index in [1.165, 1.54) is 116 Å². The Hall–Kier alpha value is 0.645. The lowest BCUT2D eigenvalue weighted by Crippen LogP contribution is -2.55. The summed E-state index contributed by atoms with van der Waals surface area (Å²) in [5.41, 5.74) is 3.67. The van der Waals surface area contributed by atoms with Crippen molar-refractivity contribution < 1.29 is 54.1 Å². The van der Waals surface area contributed by atoms with Gasteiger partial charge in [-0.15, -0.1) is 0 Å². The Balaban J connectivity index is 0.000000285. The maximum Gasteiger partial charge on any atom is 0.762 e. The van der Waals surface area contributed by atoms with Crippen molar-refractivity contribution in [1.29, 1.82) is 0 Å².